The maximum Gasteiger partial charge on any atom is 0.247 e. The Kier molecular flexibility index (Phi) is 4.30. The first kappa shape index (κ1) is 10.0. The summed E-state index contributed by atoms with van der Waals surface area (Å²) in [7, 11) is 0. The molecule has 0 atom stereocenters. The largest absolute Gasteiger partial charge is 0.352 e. The second-order valence-corrected chi connectivity index (χ2v) is 3.29. The summed E-state index contributed by atoms with van der Waals surface area (Å²) in [6.07, 6.45) is 10.1. The van der Waals surface area contributed by atoms with Crippen molar-refractivity contribution >= 4 is 5.91 Å². The van der Waals surface area contributed by atoms with Crippen molar-refractivity contribution < 1.29 is 4.79 Å². The van der Waals surface area contributed by atoms with Gasteiger partial charge in [0, 0.05) is 12.1 Å². The number of carbonyl (C=O) groups is 1. The van der Waals surface area contributed by atoms with Crippen LogP contribution in [-0.2, 0) is 4.79 Å². The van der Waals surface area contributed by atoms with Crippen molar-refractivity contribution in [3.63, 3.8) is 0 Å². The fourth-order valence-electron chi connectivity index (χ4n) is 1.31. The van der Waals surface area contributed by atoms with Crippen LogP contribution in [0.15, 0.2) is 23.8 Å². The van der Waals surface area contributed by atoms with Crippen LogP contribution in [0.2, 0.25) is 0 Å². The lowest BCUT2D eigenvalue weighted by atomic mass is 10.2. The van der Waals surface area contributed by atoms with E-state index in [4.69, 9.17) is 0 Å². The van der Waals surface area contributed by atoms with Crippen LogP contribution in [0.25, 0.3) is 0 Å². The van der Waals surface area contributed by atoms with E-state index in [0.717, 1.165) is 25.0 Å². The molecule has 0 saturated heterocycles. The zero-order valence-electron chi connectivity index (χ0n) is 8.18. The molecule has 0 aromatic rings. The van der Waals surface area contributed by atoms with Gasteiger partial charge < -0.3 is 5.32 Å². The first-order valence-electron chi connectivity index (χ1n) is 4.98. The second-order valence-electron chi connectivity index (χ2n) is 3.29. The van der Waals surface area contributed by atoms with Gasteiger partial charge in [-0.05, 0) is 12.8 Å². The standard InChI is InChI=1S/C11H17NO/c1-2-3-6-9-12-11(13)10-7-4-5-8-10/h4-5,7H,2-3,6,8-9H2,1H3,(H,12,13). The third-order valence-electron chi connectivity index (χ3n) is 2.13. The Hall–Kier alpha value is -1.05. The van der Waals surface area contributed by atoms with Gasteiger partial charge in [0.2, 0.25) is 5.91 Å². The van der Waals surface area contributed by atoms with E-state index in [1.54, 1.807) is 0 Å². The van der Waals surface area contributed by atoms with Gasteiger partial charge in [0.1, 0.15) is 0 Å². The smallest absolute Gasteiger partial charge is 0.247 e. The lowest BCUT2D eigenvalue weighted by Crippen LogP contribution is -2.25. The summed E-state index contributed by atoms with van der Waals surface area (Å²) in [5.41, 5.74) is 0.886. The molecule has 2 heteroatoms. The van der Waals surface area contributed by atoms with E-state index in [-0.39, 0.29) is 5.91 Å². The van der Waals surface area contributed by atoms with Crippen LogP contribution in [-0.4, -0.2) is 12.5 Å². The maximum atomic E-state index is 11.4. The van der Waals surface area contributed by atoms with Crippen molar-refractivity contribution in [1.82, 2.24) is 5.32 Å². The van der Waals surface area contributed by atoms with Crippen LogP contribution in [0.1, 0.15) is 32.6 Å². The number of nitrogens with one attached hydrogen (secondary N) is 1. The van der Waals surface area contributed by atoms with Gasteiger partial charge in [0.15, 0.2) is 0 Å². The predicted octanol–water partition coefficient (Wildman–Crippen LogP) is 2.18. The quantitative estimate of drug-likeness (QED) is 0.644. The summed E-state index contributed by atoms with van der Waals surface area (Å²) >= 11 is 0. The zero-order valence-corrected chi connectivity index (χ0v) is 8.18. The van der Waals surface area contributed by atoms with E-state index in [0.29, 0.717) is 0 Å². The van der Waals surface area contributed by atoms with Gasteiger partial charge in [-0.1, -0.05) is 38.0 Å². The summed E-state index contributed by atoms with van der Waals surface area (Å²) < 4.78 is 0. The molecular formula is C11H17NO. The molecule has 0 aliphatic heterocycles. The van der Waals surface area contributed by atoms with Crippen molar-refractivity contribution in [2.45, 2.75) is 32.6 Å². The zero-order chi connectivity index (χ0) is 9.52. The van der Waals surface area contributed by atoms with Gasteiger partial charge in [0.05, 0.1) is 0 Å². The molecule has 2 nitrogen and oxygen atoms in total. The minimum atomic E-state index is 0.0982. The highest BCUT2D eigenvalue weighted by atomic mass is 16.1. The van der Waals surface area contributed by atoms with Crippen LogP contribution in [0.5, 0.6) is 0 Å². The SMILES string of the molecule is CCCCCNC(=O)C1=CC=CC1. The van der Waals surface area contributed by atoms with E-state index < -0.39 is 0 Å². The second kappa shape index (κ2) is 5.57. The number of unbranched alkanes of at least 4 members (excludes halogenated alkanes) is 2. The van der Waals surface area contributed by atoms with Crippen molar-refractivity contribution in [2.24, 2.45) is 0 Å². The number of hydrogen-bond acceptors (Lipinski definition) is 1. The molecule has 0 heterocycles. The molecule has 0 bridgehead atoms. The third kappa shape index (κ3) is 3.45. The van der Waals surface area contributed by atoms with Crippen LogP contribution in [0.4, 0.5) is 0 Å². The lowest BCUT2D eigenvalue weighted by molar-refractivity contribution is -0.117. The van der Waals surface area contributed by atoms with Gasteiger partial charge in [-0.15, -0.1) is 0 Å². The van der Waals surface area contributed by atoms with Crippen LogP contribution in [0, 0.1) is 0 Å². The molecule has 0 radical (unpaired) electrons. The Labute approximate surface area is 79.7 Å². The molecule has 0 spiro atoms. The molecule has 1 amide bonds. The molecular weight excluding hydrogens is 162 g/mol. The Bertz CT molecular complexity index is 228. The minimum absolute atomic E-state index is 0.0982. The number of hydrogen-bond donors (Lipinski definition) is 1. The van der Waals surface area contributed by atoms with Crippen LogP contribution < -0.4 is 5.32 Å². The topological polar surface area (TPSA) is 29.1 Å². The monoisotopic (exact) mass is 179 g/mol. The number of carbonyl (C=O) groups excluding carboxylic acids is 1. The molecule has 0 fully saturated rings. The number of amides is 1. The molecule has 1 aliphatic rings. The van der Waals surface area contributed by atoms with Crippen molar-refractivity contribution in [3.05, 3.63) is 23.8 Å². The third-order valence-corrected chi connectivity index (χ3v) is 2.13. The highest BCUT2D eigenvalue weighted by molar-refractivity contribution is 5.94. The van der Waals surface area contributed by atoms with Gasteiger partial charge in [-0.2, -0.15) is 0 Å². The van der Waals surface area contributed by atoms with Crippen LogP contribution >= 0.6 is 0 Å². The first-order chi connectivity index (χ1) is 6.34. The van der Waals surface area contributed by atoms with Gasteiger partial charge in [-0.3, -0.25) is 4.79 Å². The summed E-state index contributed by atoms with van der Waals surface area (Å²) in [6, 6.07) is 0. The Morgan fingerprint density at radius 3 is 3.00 bits per heavy atom. The first-order valence-corrected chi connectivity index (χ1v) is 4.98. The molecule has 0 saturated carbocycles. The Balaban J connectivity index is 2.11. The summed E-state index contributed by atoms with van der Waals surface area (Å²) in [4.78, 5) is 11.4. The van der Waals surface area contributed by atoms with Gasteiger partial charge in [0.25, 0.3) is 0 Å². The molecule has 1 N–H and O–H groups in total. The lowest BCUT2D eigenvalue weighted by Gasteiger charge is -2.04. The fraction of sp³-hybridized carbons (Fsp3) is 0.545. The van der Waals surface area contributed by atoms with Gasteiger partial charge >= 0.3 is 0 Å². The average molecular weight is 179 g/mol. The van der Waals surface area contributed by atoms with Crippen molar-refractivity contribution in [3.8, 4) is 0 Å². The van der Waals surface area contributed by atoms with E-state index in [1.807, 2.05) is 18.2 Å². The minimum Gasteiger partial charge on any atom is -0.352 e. The van der Waals surface area contributed by atoms with Crippen molar-refractivity contribution in [2.75, 3.05) is 6.54 Å². The molecule has 0 unspecified atom stereocenters. The van der Waals surface area contributed by atoms with E-state index in [9.17, 15) is 4.79 Å². The average Bonchev–Trinajstić information content (AvgIpc) is 2.65. The Morgan fingerprint density at radius 1 is 1.54 bits per heavy atom. The Morgan fingerprint density at radius 2 is 2.38 bits per heavy atom. The van der Waals surface area contributed by atoms with Crippen LogP contribution in [0.3, 0.4) is 0 Å². The highest BCUT2D eigenvalue weighted by Gasteiger charge is 2.08. The van der Waals surface area contributed by atoms with E-state index in [1.165, 1.54) is 12.8 Å². The number of allylic oxidation sites excluding steroid dienone is 3. The summed E-state index contributed by atoms with van der Waals surface area (Å²) in [6.45, 7) is 2.97. The molecule has 13 heavy (non-hydrogen) atoms. The van der Waals surface area contributed by atoms with Gasteiger partial charge in [-0.25, -0.2) is 0 Å². The maximum absolute atomic E-state index is 11.4. The molecule has 0 aromatic carbocycles. The van der Waals surface area contributed by atoms with E-state index >= 15 is 0 Å². The summed E-state index contributed by atoms with van der Waals surface area (Å²) in [5, 5.41) is 2.91. The highest BCUT2D eigenvalue weighted by Crippen LogP contribution is 2.09. The molecule has 72 valence electrons. The van der Waals surface area contributed by atoms with Crippen molar-refractivity contribution in [1.29, 1.82) is 0 Å². The molecule has 1 aliphatic carbocycles. The predicted molar refractivity (Wildman–Crippen MR) is 54.4 cm³/mol. The summed E-state index contributed by atoms with van der Waals surface area (Å²) in [5.74, 6) is 0.0982. The molecule has 1 rings (SSSR count). The fourth-order valence-corrected chi connectivity index (χ4v) is 1.31. The normalized spacial score (nSPS) is 14.4. The number of rotatable bonds is 5. The molecule has 0 aromatic heterocycles. The van der Waals surface area contributed by atoms with E-state index in [2.05, 4.69) is 12.2 Å².